The zero-order valence-corrected chi connectivity index (χ0v) is 22.8. The van der Waals surface area contributed by atoms with Gasteiger partial charge in [0.2, 0.25) is 11.8 Å². The van der Waals surface area contributed by atoms with E-state index in [0.29, 0.717) is 24.8 Å². The van der Waals surface area contributed by atoms with Crippen LogP contribution in [0.5, 0.6) is 11.8 Å². The number of alkyl halides is 8. The number of aromatic nitrogens is 1. The van der Waals surface area contributed by atoms with Crippen LogP contribution in [0.2, 0.25) is 0 Å². The first-order valence-electron chi connectivity index (χ1n) is 12.6. The molecule has 1 aromatic carbocycles. The molecule has 15 heteroatoms. The summed E-state index contributed by atoms with van der Waals surface area (Å²) in [6.07, 6.45) is -11.4. The molecule has 1 fully saturated rings. The van der Waals surface area contributed by atoms with Crippen molar-refractivity contribution in [2.24, 2.45) is 0 Å². The minimum Gasteiger partial charge on any atom is -0.494 e. The standard InChI is InChI=1S/C26H27F8N3O3S/c1-22-13-36(8-4-10-41-9-3-7-24(27,28)26(32,33)34)14-23(2,40-22)19-18(22)20(38)37(21(19)39)16-6-5-15(12-35)17(11-16)25(29,30)31/h5-6,11,38-39H,3-4,7-10,13-14H2,1-2H3. The second-order valence-corrected chi connectivity index (χ2v) is 11.8. The molecule has 3 heterocycles. The van der Waals surface area contributed by atoms with Crippen LogP contribution in [0.15, 0.2) is 18.2 Å². The van der Waals surface area contributed by atoms with Crippen LogP contribution >= 0.6 is 11.8 Å². The Bertz CT molecular complexity index is 1310. The number of morpholine rings is 1. The van der Waals surface area contributed by atoms with E-state index in [0.717, 1.165) is 10.6 Å². The van der Waals surface area contributed by atoms with Crippen molar-refractivity contribution in [1.29, 1.82) is 5.26 Å². The number of ether oxygens (including phenoxy) is 1. The van der Waals surface area contributed by atoms with Gasteiger partial charge in [-0.2, -0.15) is 52.1 Å². The van der Waals surface area contributed by atoms with E-state index >= 15 is 0 Å². The van der Waals surface area contributed by atoms with Crippen LogP contribution in [0.25, 0.3) is 5.69 Å². The van der Waals surface area contributed by atoms with Crippen LogP contribution in [0.4, 0.5) is 35.1 Å². The van der Waals surface area contributed by atoms with Crippen LogP contribution in [-0.4, -0.2) is 62.9 Å². The summed E-state index contributed by atoms with van der Waals surface area (Å²) in [5, 5.41) is 31.4. The van der Waals surface area contributed by atoms with Crippen LogP contribution in [-0.2, 0) is 22.1 Å². The maximum Gasteiger partial charge on any atom is 0.453 e. The van der Waals surface area contributed by atoms with Gasteiger partial charge in [-0.25, -0.2) is 0 Å². The van der Waals surface area contributed by atoms with Crippen molar-refractivity contribution in [2.75, 3.05) is 31.1 Å². The Kier molecular flexibility index (Phi) is 8.03. The normalized spacial score (nSPS) is 23.0. The number of fused-ring (bicyclic) bond motifs is 5. The zero-order valence-electron chi connectivity index (χ0n) is 22.0. The first-order chi connectivity index (χ1) is 18.8. The Labute approximate surface area is 234 Å². The first-order valence-corrected chi connectivity index (χ1v) is 13.7. The molecular formula is C26H27F8N3O3S. The summed E-state index contributed by atoms with van der Waals surface area (Å²) in [6, 6.07) is 4.33. The van der Waals surface area contributed by atoms with Crippen molar-refractivity contribution in [1.82, 2.24) is 9.47 Å². The predicted molar refractivity (Wildman–Crippen MR) is 133 cm³/mol. The minimum absolute atomic E-state index is 0.146. The molecule has 41 heavy (non-hydrogen) atoms. The fourth-order valence-electron chi connectivity index (χ4n) is 5.72. The fourth-order valence-corrected chi connectivity index (χ4v) is 6.60. The molecule has 2 unspecified atom stereocenters. The van der Waals surface area contributed by atoms with E-state index in [1.165, 1.54) is 23.9 Å². The van der Waals surface area contributed by atoms with Crippen LogP contribution in [0.1, 0.15) is 55.4 Å². The van der Waals surface area contributed by atoms with Gasteiger partial charge in [0.15, 0.2) is 0 Å². The summed E-state index contributed by atoms with van der Waals surface area (Å²) in [7, 11) is 0. The molecule has 1 aromatic heterocycles. The van der Waals surface area contributed by atoms with Crippen molar-refractivity contribution >= 4 is 11.8 Å². The predicted octanol–water partition coefficient (Wildman–Crippen LogP) is 6.66. The highest BCUT2D eigenvalue weighted by atomic mass is 32.2. The van der Waals surface area contributed by atoms with Gasteiger partial charge in [-0.05, 0) is 62.9 Å². The van der Waals surface area contributed by atoms with Crippen LogP contribution in [0.3, 0.4) is 0 Å². The van der Waals surface area contributed by atoms with Gasteiger partial charge in [0.1, 0.15) is 11.2 Å². The summed E-state index contributed by atoms with van der Waals surface area (Å²) in [5.74, 6) is -5.03. The lowest BCUT2D eigenvalue weighted by molar-refractivity contribution is -0.284. The monoisotopic (exact) mass is 613 g/mol. The van der Waals surface area contributed by atoms with Crippen LogP contribution in [0, 0.1) is 11.3 Å². The highest BCUT2D eigenvalue weighted by Crippen LogP contribution is 2.59. The van der Waals surface area contributed by atoms with Gasteiger partial charge < -0.3 is 14.9 Å². The van der Waals surface area contributed by atoms with Crippen molar-refractivity contribution in [3.05, 3.63) is 40.5 Å². The van der Waals surface area contributed by atoms with Gasteiger partial charge in [0.05, 0.1) is 34.0 Å². The number of benzene rings is 1. The van der Waals surface area contributed by atoms with Crippen molar-refractivity contribution in [2.45, 2.75) is 62.6 Å². The second-order valence-electron chi connectivity index (χ2n) is 10.6. The maximum absolute atomic E-state index is 13.5. The quantitative estimate of drug-likeness (QED) is 0.243. The lowest BCUT2D eigenvalue weighted by Crippen LogP contribution is -2.51. The SMILES string of the molecule is CC12CN(CCCSCCCC(F)(F)C(F)(F)F)CC(C)(O1)c1c2c(O)n(-c2ccc(C#N)c(C(F)(F)F)c2)c1O. The molecule has 2 bridgehead atoms. The number of nitrogens with zero attached hydrogens (tertiary/aromatic N) is 3. The molecule has 2 aliphatic rings. The number of halogens is 8. The first kappa shape index (κ1) is 31.2. The summed E-state index contributed by atoms with van der Waals surface area (Å²) in [6.45, 7) is 4.40. The third kappa shape index (κ3) is 5.70. The van der Waals surface area contributed by atoms with Gasteiger partial charge in [-0.3, -0.25) is 9.47 Å². The Balaban J connectivity index is 1.45. The molecule has 6 nitrogen and oxygen atoms in total. The Morgan fingerprint density at radius 3 is 2.02 bits per heavy atom. The molecule has 2 atom stereocenters. The topological polar surface area (TPSA) is 81.7 Å². The summed E-state index contributed by atoms with van der Waals surface area (Å²) < 4.78 is 111. The minimum atomic E-state index is -5.56. The largest absolute Gasteiger partial charge is 0.494 e. The molecule has 4 rings (SSSR count). The molecule has 2 aliphatic heterocycles. The highest BCUT2D eigenvalue weighted by Gasteiger charge is 2.59. The third-order valence-electron chi connectivity index (χ3n) is 7.32. The lowest BCUT2D eigenvalue weighted by Gasteiger charge is -2.44. The molecule has 1 saturated heterocycles. The highest BCUT2D eigenvalue weighted by molar-refractivity contribution is 7.99. The number of thioether (sulfide) groups is 1. The van der Waals surface area contributed by atoms with E-state index in [1.54, 1.807) is 13.8 Å². The molecule has 0 amide bonds. The summed E-state index contributed by atoms with van der Waals surface area (Å²) >= 11 is 1.27. The second kappa shape index (κ2) is 10.5. The molecule has 2 aromatic rings. The lowest BCUT2D eigenvalue weighted by atomic mass is 9.94. The fraction of sp³-hybridized carbons (Fsp3) is 0.577. The van der Waals surface area contributed by atoms with E-state index < -0.39 is 58.8 Å². The molecule has 0 aliphatic carbocycles. The summed E-state index contributed by atoms with van der Waals surface area (Å²) in [5.41, 5.74) is -3.80. The van der Waals surface area contributed by atoms with Gasteiger partial charge in [-0.15, -0.1) is 0 Å². The molecule has 0 saturated carbocycles. The van der Waals surface area contributed by atoms with Crippen LogP contribution < -0.4 is 0 Å². The zero-order chi connectivity index (χ0) is 30.6. The third-order valence-corrected chi connectivity index (χ3v) is 8.48. The Morgan fingerprint density at radius 1 is 0.951 bits per heavy atom. The molecule has 226 valence electrons. The summed E-state index contributed by atoms with van der Waals surface area (Å²) in [4.78, 5) is 2.01. The van der Waals surface area contributed by atoms with E-state index in [9.17, 15) is 45.3 Å². The number of nitriles is 1. The molecular weight excluding hydrogens is 586 g/mol. The van der Waals surface area contributed by atoms with Gasteiger partial charge >= 0.3 is 18.3 Å². The van der Waals surface area contributed by atoms with E-state index in [1.807, 2.05) is 4.90 Å². The molecule has 2 N–H and O–H groups in total. The van der Waals surface area contributed by atoms with Gasteiger partial charge in [0, 0.05) is 19.5 Å². The van der Waals surface area contributed by atoms with E-state index in [2.05, 4.69) is 0 Å². The Morgan fingerprint density at radius 2 is 1.51 bits per heavy atom. The number of hydrogen-bond donors (Lipinski definition) is 2. The molecule has 0 spiro atoms. The van der Waals surface area contributed by atoms with E-state index in [4.69, 9.17) is 10.00 Å². The van der Waals surface area contributed by atoms with Crippen molar-refractivity contribution in [3.8, 4) is 23.5 Å². The van der Waals surface area contributed by atoms with Gasteiger partial charge in [-0.1, -0.05) is 0 Å². The van der Waals surface area contributed by atoms with Crippen molar-refractivity contribution < 1.29 is 50.1 Å². The molecule has 0 radical (unpaired) electrons. The van der Waals surface area contributed by atoms with Crippen molar-refractivity contribution in [3.63, 3.8) is 0 Å². The van der Waals surface area contributed by atoms with Gasteiger partial charge in [0.25, 0.3) is 0 Å². The average molecular weight is 614 g/mol. The smallest absolute Gasteiger partial charge is 0.453 e. The maximum atomic E-state index is 13.5. The number of aromatic hydroxyl groups is 2. The van der Waals surface area contributed by atoms with E-state index in [-0.39, 0.29) is 42.1 Å². The number of hydrogen-bond acceptors (Lipinski definition) is 6. The average Bonchev–Trinajstić information content (AvgIpc) is 3.21. The Hall–Kier alpha value is -2.70. The number of rotatable bonds is 9.